The summed E-state index contributed by atoms with van der Waals surface area (Å²) in [4.78, 5) is 13.2. The number of aromatic nitrogens is 3. The average molecular weight is 374 g/mol. The Labute approximate surface area is 161 Å². The Balaban J connectivity index is 1.77. The Morgan fingerprint density at radius 1 is 1.26 bits per heavy atom. The number of benzene rings is 1. The van der Waals surface area contributed by atoms with Crippen molar-refractivity contribution < 1.29 is 4.52 Å². The van der Waals surface area contributed by atoms with Crippen molar-refractivity contribution in [3.63, 3.8) is 0 Å². The van der Waals surface area contributed by atoms with E-state index in [0.717, 1.165) is 39.2 Å². The third kappa shape index (κ3) is 3.19. The molecule has 0 N–H and O–H groups in total. The van der Waals surface area contributed by atoms with Crippen LogP contribution in [-0.4, -0.2) is 21.3 Å². The maximum atomic E-state index is 5.46. The van der Waals surface area contributed by atoms with E-state index in [9.17, 15) is 0 Å². The summed E-state index contributed by atoms with van der Waals surface area (Å²) in [6.07, 6.45) is 5.37. The second kappa shape index (κ2) is 7.25. The van der Waals surface area contributed by atoms with E-state index in [2.05, 4.69) is 45.8 Å². The molecule has 0 aliphatic carbocycles. The highest BCUT2D eigenvalue weighted by Gasteiger charge is 2.19. The lowest BCUT2D eigenvalue weighted by Crippen LogP contribution is -1.98. The molecule has 0 aliphatic rings. The Morgan fingerprint density at radius 2 is 2.15 bits per heavy atom. The van der Waals surface area contributed by atoms with E-state index in [1.807, 2.05) is 36.0 Å². The van der Waals surface area contributed by atoms with Crippen LogP contribution in [0.3, 0.4) is 0 Å². The third-order valence-electron chi connectivity index (χ3n) is 4.54. The molecule has 1 unspecified atom stereocenters. The molecular formula is C21H18N4OS. The van der Waals surface area contributed by atoms with Gasteiger partial charge in [-0.2, -0.15) is 0 Å². The molecule has 0 radical (unpaired) electrons. The standard InChI is InChI=1S/C21H18N4OS/c1-4-14-8-15(6-7-18(14)22-5-2)13(3)20-17-9-16(19-11-27-12-24-19)10-23-21(17)26-25-20/h4-13H,1H2,2-3H3. The van der Waals surface area contributed by atoms with E-state index in [1.165, 1.54) is 0 Å². The van der Waals surface area contributed by atoms with Crippen molar-refractivity contribution in [1.29, 1.82) is 0 Å². The summed E-state index contributed by atoms with van der Waals surface area (Å²) in [5, 5.41) is 7.21. The number of rotatable bonds is 5. The van der Waals surface area contributed by atoms with Crippen LogP contribution in [-0.2, 0) is 0 Å². The molecule has 0 amide bonds. The maximum absolute atomic E-state index is 5.46. The van der Waals surface area contributed by atoms with Crippen LogP contribution in [0.15, 0.2) is 57.4 Å². The molecule has 27 heavy (non-hydrogen) atoms. The summed E-state index contributed by atoms with van der Waals surface area (Å²) < 4.78 is 5.46. The minimum absolute atomic E-state index is 0.0390. The highest BCUT2D eigenvalue weighted by molar-refractivity contribution is 7.07. The van der Waals surface area contributed by atoms with Gasteiger partial charge in [0, 0.05) is 29.3 Å². The van der Waals surface area contributed by atoms with Crippen LogP contribution in [0, 0.1) is 0 Å². The van der Waals surface area contributed by atoms with Gasteiger partial charge in [-0.25, -0.2) is 9.97 Å². The predicted octanol–water partition coefficient (Wildman–Crippen LogP) is 5.86. The number of pyridine rings is 1. The van der Waals surface area contributed by atoms with Gasteiger partial charge in [0.05, 0.1) is 22.3 Å². The maximum Gasteiger partial charge on any atom is 0.257 e. The zero-order valence-corrected chi connectivity index (χ0v) is 15.9. The molecule has 1 aromatic carbocycles. The number of hydrogen-bond acceptors (Lipinski definition) is 6. The van der Waals surface area contributed by atoms with Crippen molar-refractivity contribution in [3.05, 3.63) is 64.8 Å². The highest BCUT2D eigenvalue weighted by atomic mass is 32.1. The third-order valence-corrected chi connectivity index (χ3v) is 5.12. The smallest absolute Gasteiger partial charge is 0.257 e. The average Bonchev–Trinajstić information content (AvgIpc) is 3.37. The highest BCUT2D eigenvalue weighted by Crippen LogP contribution is 2.33. The van der Waals surface area contributed by atoms with Crippen LogP contribution in [0.2, 0.25) is 0 Å². The van der Waals surface area contributed by atoms with Gasteiger partial charge in [-0.3, -0.25) is 4.99 Å². The molecule has 4 aromatic rings. The fourth-order valence-electron chi connectivity index (χ4n) is 3.08. The fourth-order valence-corrected chi connectivity index (χ4v) is 3.64. The molecule has 3 heterocycles. The lowest BCUT2D eigenvalue weighted by atomic mass is 9.93. The van der Waals surface area contributed by atoms with Crippen molar-refractivity contribution in [2.45, 2.75) is 19.8 Å². The predicted molar refractivity (Wildman–Crippen MR) is 111 cm³/mol. The van der Waals surface area contributed by atoms with Gasteiger partial charge in [0.2, 0.25) is 0 Å². The molecule has 0 fully saturated rings. The van der Waals surface area contributed by atoms with Gasteiger partial charge in [0.15, 0.2) is 0 Å². The lowest BCUT2D eigenvalue weighted by Gasteiger charge is -2.11. The first-order chi connectivity index (χ1) is 13.2. The molecule has 0 bridgehead atoms. The Kier molecular flexibility index (Phi) is 4.64. The lowest BCUT2D eigenvalue weighted by molar-refractivity contribution is 0.436. The Hall–Kier alpha value is -3.12. The molecule has 5 nitrogen and oxygen atoms in total. The van der Waals surface area contributed by atoms with E-state index >= 15 is 0 Å². The van der Waals surface area contributed by atoms with Crippen molar-refractivity contribution in [3.8, 4) is 11.3 Å². The molecule has 1 atom stereocenters. The normalized spacial score (nSPS) is 12.7. The van der Waals surface area contributed by atoms with Gasteiger partial charge < -0.3 is 4.52 Å². The van der Waals surface area contributed by atoms with Crippen molar-refractivity contribution in [2.75, 3.05) is 0 Å². The molecule has 3 aromatic heterocycles. The summed E-state index contributed by atoms with van der Waals surface area (Å²) in [6, 6.07) is 8.21. The number of hydrogen-bond donors (Lipinski definition) is 0. The van der Waals surface area contributed by atoms with Crippen LogP contribution in [0.1, 0.15) is 36.6 Å². The monoisotopic (exact) mass is 374 g/mol. The summed E-state index contributed by atoms with van der Waals surface area (Å²) in [5.74, 6) is 0.0390. The van der Waals surface area contributed by atoms with Gasteiger partial charge >= 0.3 is 0 Å². The molecule has 134 valence electrons. The Morgan fingerprint density at radius 3 is 2.89 bits per heavy atom. The molecular weight excluding hydrogens is 356 g/mol. The first-order valence-corrected chi connectivity index (χ1v) is 9.54. The summed E-state index contributed by atoms with van der Waals surface area (Å²) in [7, 11) is 0. The summed E-state index contributed by atoms with van der Waals surface area (Å²) in [5.41, 5.74) is 8.09. The van der Waals surface area contributed by atoms with E-state index in [0.29, 0.717) is 5.71 Å². The van der Waals surface area contributed by atoms with Gasteiger partial charge in [0.25, 0.3) is 5.71 Å². The second-order valence-electron chi connectivity index (χ2n) is 6.15. The van der Waals surface area contributed by atoms with Gasteiger partial charge in [-0.15, -0.1) is 11.3 Å². The van der Waals surface area contributed by atoms with Gasteiger partial charge in [-0.05, 0) is 36.2 Å². The molecule has 4 rings (SSSR count). The van der Waals surface area contributed by atoms with Crippen LogP contribution < -0.4 is 0 Å². The second-order valence-corrected chi connectivity index (χ2v) is 6.87. The zero-order valence-electron chi connectivity index (χ0n) is 15.1. The quantitative estimate of drug-likeness (QED) is 0.410. The van der Waals surface area contributed by atoms with Crippen LogP contribution in [0.5, 0.6) is 0 Å². The molecule has 6 heteroatoms. The largest absolute Gasteiger partial charge is 0.336 e. The molecule has 0 saturated heterocycles. The first kappa shape index (κ1) is 17.3. The topological polar surface area (TPSA) is 64.2 Å². The van der Waals surface area contributed by atoms with Crippen molar-refractivity contribution in [2.24, 2.45) is 4.99 Å². The van der Waals surface area contributed by atoms with Crippen molar-refractivity contribution >= 4 is 40.4 Å². The molecule has 0 saturated carbocycles. The number of thiazole rings is 1. The minimum Gasteiger partial charge on any atom is -0.336 e. The summed E-state index contributed by atoms with van der Waals surface area (Å²) in [6.45, 7) is 7.91. The SMILES string of the molecule is C=Cc1cc(C(C)c2noc3ncc(-c4cscn4)cc23)ccc1N=CC. The first-order valence-electron chi connectivity index (χ1n) is 8.60. The zero-order chi connectivity index (χ0) is 18.8. The minimum atomic E-state index is 0.0390. The van der Waals surface area contributed by atoms with Crippen LogP contribution >= 0.6 is 11.3 Å². The van der Waals surface area contributed by atoms with E-state index in [-0.39, 0.29) is 5.92 Å². The number of nitrogens with zero attached hydrogens (tertiary/aromatic N) is 4. The van der Waals surface area contributed by atoms with E-state index in [4.69, 9.17) is 4.52 Å². The van der Waals surface area contributed by atoms with Gasteiger partial charge in [-0.1, -0.05) is 30.8 Å². The van der Waals surface area contributed by atoms with Crippen LogP contribution in [0.4, 0.5) is 5.69 Å². The Bertz CT molecular complexity index is 1130. The van der Waals surface area contributed by atoms with E-state index < -0.39 is 0 Å². The van der Waals surface area contributed by atoms with Crippen LogP contribution in [0.25, 0.3) is 28.4 Å². The van der Waals surface area contributed by atoms with E-state index in [1.54, 1.807) is 23.7 Å². The molecule has 0 aliphatic heterocycles. The summed E-state index contributed by atoms with van der Waals surface area (Å²) >= 11 is 1.56. The number of fused-ring (bicyclic) bond motifs is 1. The molecule has 0 spiro atoms. The number of aliphatic imine (C=N–C) groups is 1. The van der Waals surface area contributed by atoms with Gasteiger partial charge in [0.1, 0.15) is 5.69 Å². The fraction of sp³-hybridized carbons (Fsp3) is 0.143. The van der Waals surface area contributed by atoms with Crippen molar-refractivity contribution in [1.82, 2.24) is 15.1 Å².